The highest BCUT2D eigenvalue weighted by Gasteiger charge is 2.19. The molecule has 0 spiro atoms. The third kappa shape index (κ3) is 4.63. The Labute approximate surface area is 144 Å². The van der Waals surface area contributed by atoms with Gasteiger partial charge in [0, 0.05) is 9.90 Å². The van der Waals surface area contributed by atoms with Crippen LogP contribution >= 0.6 is 34.5 Å². The number of ether oxygens (including phenoxy) is 1. The first-order chi connectivity index (χ1) is 10.5. The van der Waals surface area contributed by atoms with Crippen molar-refractivity contribution in [3.05, 3.63) is 50.6 Å². The van der Waals surface area contributed by atoms with Crippen LogP contribution in [0.15, 0.2) is 35.7 Å². The van der Waals surface area contributed by atoms with E-state index < -0.39 is 0 Å². The molecule has 1 amide bonds. The minimum absolute atomic E-state index is 0.0169. The molecular formula is C16H17Cl2NO2S. The Balaban J connectivity index is 1.94. The second-order valence-corrected chi connectivity index (χ2v) is 6.99. The first kappa shape index (κ1) is 17.1. The van der Waals surface area contributed by atoms with Crippen LogP contribution in [0.1, 0.15) is 24.8 Å². The predicted octanol–water partition coefficient (Wildman–Crippen LogP) is 4.95. The number of halogens is 2. The van der Waals surface area contributed by atoms with E-state index in [1.54, 1.807) is 29.5 Å². The lowest BCUT2D eigenvalue weighted by molar-refractivity contribution is -0.124. The molecule has 0 aliphatic carbocycles. The highest BCUT2D eigenvalue weighted by Crippen LogP contribution is 2.28. The summed E-state index contributed by atoms with van der Waals surface area (Å²) in [5.74, 6) is 0.554. The first-order valence-corrected chi connectivity index (χ1v) is 8.51. The zero-order valence-electron chi connectivity index (χ0n) is 12.3. The van der Waals surface area contributed by atoms with E-state index in [4.69, 9.17) is 27.9 Å². The summed E-state index contributed by atoms with van der Waals surface area (Å²) in [7, 11) is 0. The Kier molecular flexibility index (Phi) is 6.12. The summed E-state index contributed by atoms with van der Waals surface area (Å²) in [6.45, 7) is 4.05. The van der Waals surface area contributed by atoms with Crippen LogP contribution in [0.4, 0.5) is 0 Å². The van der Waals surface area contributed by atoms with Gasteiger partial charge in [-0.25, -0.2) is 0 Å². The molecule has 1 heterocycles. The average Bonchev–Trinajstić information content (AvgIpc) is 2.97. The van der Waals surface area contributed by atoms with Crippen LogP contribution in [0.25, 0.3) is 0 Å². The van der Waals surface area contributed by atoms with Gasteiger partial charge in [0.05, 0.1) is 11.1 Å². The summed E-state index contributed by atoms with van der Waals surface area (Å²) >= 11 is 13.5. The van der Waals surface area contributed by atoms with Crippen molar-refractivity contribution in [2.45, 2.75) is 19.9 Å². The molecule has 1 N–H and O–H groups in total. The first-order valence-electron chi connectivity index (χ1n) is 6.88. The number of hydrogen-bond donors (Lipinski definition) is 1. The van der Waals surface area contributed by atoms with Gasteiger partial charge < -0.3 is 10.1 Å². The zero-order chi connectivity index (χ0) is 16.1. The van der Waals surface area contributed by atoms with Gasteiger partial charge in [0.15, 0.2) is 6.61 Å². The minimum Gasteiger partial charge on any atom is -0.482 e. The molecule has 2 aromatic rings. The molecule has 0 saturated heterocycles. The van der Waals surface area contributed by atoms with Crippen molar-refractivity contribution in [1.29, 1.82) is 0 Å². The molecule has 22 heavy (non-hydrogen) atoms. The number of carbonyl (C=O) groups excluding carboxylic acids is 1. The van der Waals surface area contributed by atoms with Gasteiger partial charge in [0.1, 0.15) is 5.75 Å². The van der Waals surface area contributed by atoms with Crippen molar-refractivity contribution in [3.63, 3.8) is 0 Å². The van der Waals surface area contributed by atoms with Gasteiger partial charge in [-0.3, -0.25) is 4.79 Å². The van der Waals surface area contributed by atoms with Gasteiger partial charge in [-0.05, 0) is 35.6 Å². The molecule has 1 atom stereocenters. The minimum atomic E-state index is -0.182. The van der Waals surface area contributed by atoms with Crippen molar-refractivity contribution >= 4 is 40.4 Å². The topological polar surface area (TPSA) is 38.3 Å². The molecule has 3 nitrogen and oxygen atoms in total. The molecule has 1 aromatic carbocycles. The van der Waals surface area contributed by atoms with Crippen molar-refractivity contribution in [3.8, 4) is 5.75 Å². The summed E-state index contributed by atoms with van der Waals surface area (Å²) in [5.41, 5.74) is 0. The van der Waals surface area contributed by atoms with Crippen LogP contribution in [0.5, 0.6) is 5.75 Å². The van der Waals surface area contributed by atoms with Crippen LogP contribution in [0.3, 0.4) is 0 Å². The van der Waals surface area contributed by atoms with E-state index in [1.807, 2.05) is 17.5 Å². The Bertz CT molecular complexity index is 629. The van der Waals surface area contributed by atoms with Crippen LogP contribution in [0, 0.1) is 5.92 Å². The van der Waals surface area contributed by atoms with Gasteiger partial charge in [-0.15, -0.1) is 11.3 Å². The number of carbonyl (C=O) groups is 1. The lowest BCUT2D eigenvalue weighted by Crippen LogP contribution is -2.34. The maximum absolute atomic E-state index is 12.1. The number of nitrogens with one attached hydrogen (secondary N) is 1. The van der Waals surface area contributed by atoms with Crippen LogP contribution < -0.4 is 10.1 Å². The molecule has 0 aliphatic heterocycles. The second-order valence-electron chi connectivity index (χ2n) is 5.17. The third-order valence-electron chi connectivity index (χ3n) is 3.09. The summed E-state index contributed by atoms with van der Waals surface area (Å²) in [6.07, 6.45) is 0. The Hall–Kier alpha value is -1.23. The summed E-state index contributed by atoms with van der Waals surface area (Å²) in [4.78, 5) is 13.2. The number of amides is 1. The van der Waals surface area contributed by atoms with Crippen molar-refractivity contribution in [1.82, 2.24) is 5.32 Å². The molecule has 6 heteroatoms. The molecule has 0 fully saturated rings. The smallest absolute Gasteiger partial charge is 0.258 e. The number of benzene rings is 1. The largest absolute Gasteiger partial charge is 0.482 e. The van der Waals surface area contributed by atoms with E-state index in [0.717, 1.165) is 4.88 Å². The Morgan fingerprint density at radius 2 is 2.09 bits per heavy atom. The molecule has 0 bridgehead atoms. The summed E-state index contributed by atoms with van der Waals surface area (Å²) in [6, 6.07) is 8.88. The maximum Gasteiger partial charge on any atom is 0.258 e. The number of thiophene rings is 1. The molecule has 0 unspecified atom stereocenters. The van der Waals surface area contributed by atoms with Gasteiger partial charge in [0.2, 0.25) is 0 Å². The van der Waals surface area contributed by atoms with Crippen LogP contribution in [0.2, 0.25) is 10.0 Å². The quantitative estimate of drug-likeness (QED) is 0.794. The highest BCUT2D eigenvalue weighted by atomic mass is 35.5. The zero-order valence-corrected chi connectivity index (χ0v) is 14.6. The molecule has 118 valence electrons. The van der Waals surface area contributed by atoms with Crippen molar-refractivity contribution < 1.29 is 9.53 Å². The second kappa shape index (κ2) is 7.86. The number of hydrogen-bond acceptors (Lipinski definition) is 3. The summed E-state index contributed by atoms with van der Waals surface area (Å²) in [5, 5.41) is 5.91. The van der Waals surface area contributed by atoms with E-state index in [9.17, 15) is 4.79 Å². The van der Waals surface area contributed by atoms with E-state index in [2.05, 4.69) is 19.2 Å². The fraction of sp³-hybridized carbons (Fsp3) is 0.312. The third-order valence-corrected chi connectivity index (χ3v) is 4.57. The predicted molar refractivity (Wildman–Crippen MR) is 92.0 cm³/mol. The van der Waals surface area contributed by atoms with Crippen LogP contribution in [-0.4, -0.2) is 12.5 Å². The van der Waals surface area contributed by atoms with Gasteiger partial charge in [-0.1, -0.05) is 43.1 Å². The monoisotopic (exact) mass is 357 g/mol. The normalized spacial score (nSPS) is 12.2. The van der Waals surface area contributed by atoms with Gasteiger partial charge >= 0.3 is 0 Å². The van der Waals surface area contributed by atoms with Gasteiger partial charge in [-0.2, -0.15) is 0 Å². The molecular weight excluding hydrogens is 341 g/mol. The maximum atomic E-state index is 12.1. The van der Waals surface area contributed by atoms with Crippen LogP contribution in [-0.2, 0) is 4.79 Å². The lowest BCUT2D eigenvalue weighted by Gasteiger charge is -2.21. The van der Waals surface area contributed by atoms with Crippen molar-refractivity contribution in [2.75, 3.05) is 6.61 Å². The highest BCUT2D eigenvalue weighted by molar-refractivity contribution is 7.10. The van der Waals surface area contributed by atoms with E-state index >= 15 is 0 Å². The average molecular weight is 358 g/mol. The van der Waals surface area contributed by atoms with Gasteiger partial charge in [0.25, 0.3) is 5.91 Å². The summed E-state index contributed by atoms with van der Waals surface area (Å²) < 4.78 is 5.45. The Morgan fingerprint density at radius 3 is 2.68 bits per heavy atom. The molecule has 0 radical (unpaired) electrons. The standard InChI is InChI=1S/C16H17Cl2NO2S/c1-10(2)16(14-4-3-7-22-14)19-15(20)9-21-13-6-5-11(17)8-12(13)18/h3-8,10,16H,9H2,1-2H3,(H,19,20)/t16-/m1/s1. The number of rotatable bonds is 6. The van der Waals surface area contributed by atoms with Crippen molar-refractivity contribution in [2.24, 2.45) is 5.92 Å². The van der Waals surface area contributed by atoms with E-state index in [0.29, 0.717) is 21.7 Å². The molecule has 1 aromatic heterocycles. The van der Waals surface area contributed by atoms with E-state index in [1.165, 1.54) is 0 Å². The fourth-order valence-electron chi connectivity index (χ4n) is 1.99. The Morgan fingerprint density at radius 1 is 1.32 bits per heavy atom. The molecule has 2 rings (SSSR count). The fourth-order valence-corrected chi connectivity index (χ4v) is 3.40. The molecule has 0 saturated carbocycles. The lowest BCUT2D eigenvalue weighted by atomic mass is 10.0. The SMILES string of the molecule is CC(C)[C@@H](NC(=O)COc1ccc(Cl)cc1Cl)c1cccs1. The molecule has 0 aliphatic rings. The van der Waals surface area contributed by atoms with E-state index in [-0.39, 0.29) is 18.6 Å².